The Morgan fingerprint density at radius 2 is 2.00 bits per heavy atom. The van der Waals surface area contributed by atoms with Crippen LogP contribution >= 0.6 is 0 Å². The zero-order valence-corrected chi connectivity index (χ0v) is 9.71. The first-order chi connectivity index (χ1) is 7.79. The Bertz CT molecular complexity index is 382. The number of alkyl halides is 3. The van der Waals surface area contributed by atoms with E-state index >= 15 is 0 Å². The minimum atomic E-state index is -4.38. The normalized spacial score (nSPS) is 11.9. The van der Waals surface area contributed by atoms with Gasteiger partial charge in [-0.1, -0.05) is 13.8 Å². The number of aromatic nitrogens is 1. The lowest BCUT2D eigenvalue weighted by molar-refractivity contribution is -0.137. The molecule has 0 unspecified atom stereocenters. The van der Waals surface area contributed by atoms with Gasteiger partial charge in [-0.25, -0.2) is 0 Å². The van der Waals surface area contributed by atoms with Crippen molar-refractivity contribution in [3.8, 4) is 0 Å². The molecule has 2 nitrogen and oxygen atoms in total. The van der Waals surface area contributed by atoms with Crippen molar-refractivity contribution in [1.29, 1.82) is 0 Å². The minimum Gasteiger partial charge on any atom is -0.299 e. The van der Waals surface area contributed by atoms with Crippen LogP contribution in [0.3, 0.4) is 0 Å². The highest BCUT2D eigenvalue weighted by Gasteiger charge is 2.30. The molecular weight excluding hydrogens is 231 g/mol. The summed E-state index contributed by atoms with van der Waals surface area (Å²) in [5.74, 6) is 0.240. The molecule has 0 fully saturated rings. The maximum atomic E-state index is 12.2. The molecule has 0 atom stereocenters. The Morgan fingerprint density at radius 3 is 2.41 bits per heavy atom. The summed E-state index contributed by atoms with van der Waals surface area (Å²) in [7, 11) is 0. The average Bonchev–Trinajstić information content (AvgIpc) is 2.15. The van der Waals surface area contributed by atoms with Crippen molar-refractivity contribution in [2.45, 2.75) is 32.9 Å². The molecule has 0 aliphatic heterocycles. The predicted molar refractivity (Wildman–Crippen MR) is 57.4 cm³/mol. The lowest BCUT2D eigenvalue weighted by Gasteiger charge is -2.07. The highest BCUT2D eigenvalue weighted by Crippen LogP contribution is 2.28. The summed E-state index contributed by atoms with van der Waals surface area (Å²) < 4.78 is 36.7. The number of carbonyl (C=O) groups is 1. The third-order valence-corrected chi connectivity index (χ3v) is 2.17. The first kappa shape index (κ1) is 13.7. The number of pyridine rings is 1. The quantitative estimate of drug-likeness (QED) is 0.815. The molecule has 0 saturated carbocycles. The molecular formula is C12H14F3NO. The number of carbonyl (C=O) groups excluding carboxylic acids is 1. The number of halogens is 3. The van der Waals surface area contributed by atoms with E-state index < -0.39 is 11.7 Å². The van der Waals surface area contributed by atoms with Crippen LogP contribution in [-0.2, 0) is 17.4 Å². The number of hydrogen-bond donors (Lipinski definition) is 0. The Kier molecular flexibility index (Phi) is 4.26. The first-order valence-corrected chi connectivity index (χ1v) is 5.33. The van der Waals surface area contributed by atoms with E-state index in [2.05, 4.69) is 4.98 Å². The van der Waals surface area contributed by atoms with Crippen molar-refractivity contribution < 1.29 is 18.0 Å². The third-order valence-electron chi connectivity index (χ3n) is 2.17. The van der Waals surface area contributed by atoms with E-state index in [1.54, 1.807) is 0 Å². The zero-order chi connectivity index (χ0) is 13.1. The van der Waals surface area contributed by atoms with Gasteiger partial charge >= 0.3 is 6.18 Å². The van der Waals surface area contributed by atoms with Gasteiger partial charge in [-0.2, -0.15) is 13.2 Å². The molecule has 0 aliphatic carbocycles. The third kappa shape index (κ3) is 4.54. The van der Waals surface area contributed by atoms with Crippen LogP contribution in [-0.4, -0.2) is 10.8 Å². The summed E-state index contributed by atoms with van der Waals surface area (Å²) in [6.07, 6.45) is -3.11. The second-order valence-corrected chi connectivity index (χ2v) is 4.35. The second-order valence-electron chi connectivity index (χ2n) is 4.35. The molecule has 1 rings (SSSR count). The van der Waals surface area contributed by atoms with Crippen molar-refractivity contribution in [3.63, 3.8) is 0 Å². The van der Waals surface area contributed by atoms with Crippen LogP contribution in [0, 0.1) is 5.92 Å². The Hall–Kier alpha value is -1.39. The van der Waals surface area contributed by atoms with E-state index in [0.29, 0.717) is 12.1 Å². The molecule has 0 aromatic carbocycles. The molecule has 0 radical (unpaired) electrons. The molecule has 94 valence electrons. The van der Waals surface area contributed by atoms with Gasteiger partial charge in [0.2, 0.25) is 0 Å². The highest BCUT2D eigenvalue weighted by atomic mass is 19.4. The van der Waals surface area contributed by atoms with Crippen LogP contribution in [0.4, 0.5) is 13.2 Å². The van der Waals surface area contributed by atoms with Gasteiger partial charge in [-0.05, 0) is 18.1 Å². The molecule has 1 aromatic heterocycles. The van der Waals surface area contributed by atoms with E-state index in [1.165, 1.54) is 6.07 Å². The van der Waals surface area contributed by atoms with E-state index in [1.807, 2.05) is 13.8 Å². The molecule has 1 aromatic rings. The lowest BCUT2D eigenvalue weighted by atomic mass is 10.0. The molecule has 0 saturated heterocycles. The number of Topliss-reactive ketones (excluding diaryl/α,β-unsaturated/α-hetero) is 1. The van der Waals surface area contributed by atoms with Crippen LogP contribution in [0.5, 0.6) is 0 Å². The van der Waals surface area contributed by atoms with Crippen molar-refractivity contribution >= 4 is 5.78 Å². The van der Waals surface area contributed by atoms with Crippen molar-refractivity contribution in [1.82, 2.24) is 4.98 Å². The lowest BCUT2D eigenvalue weighted by Crippen LogP contribution is -2.09. The van der Waals surface area contributed by atoms with Crippen LogP contribution in [0.2, 0.25) is 0 Å². The standard InChI is InChI=1S/C12H14F3NO/c1-8(2)5-11(17)6-10-4-3-9(7-16-10)12(13,14)15/h3-4,7-8H,5-6H2,1-2H3. The first-order valence-electron chi connectivity index (χ1n) is 5.33. The minimum absolute atomic E-state index is 0.00717. The van der Waals surface area contributed by atoms with Gasteiger partial charge in [-0.15, -0.1) is 0 Å². The summed E-state index contributed by atoms with van der Waals surface area (Å²) in [5, 5.41) is 0. The Morgan fingerprint density at radius 1 is 1.35 bits per heavy atom. The molecule has 1 heterocycles. The summed E-state index contributed by atoms with van der Waals surface area (Å²) >= 11 is 0. The highest BCUT2D eigenvalue weighted by molar-refractivity contribution is 5.80. The van der Waals surface area contributed by atoms with Crippen LogP contribution in [0.25, 0.3) is 0 Å². The molecule has 0 spiro atoms. The largest absolute Gasteiger partial charge is 0.417 e. The molecule has 0 amide bonds. The van der Waals surface area contributed by atoms with Gasteiger partial charge in [0.05, 0.1) is 5.56 Å². The fourth-order valence-corrected chi connectivity index (χ4v) is 1.43. The fraction of sp³-hybridized carbons (Fsp3) is 0.500. The van der Waals surface area contributed by atoms with Crippen molar-refractivity contribution in [3.05, 3.63) is 29.6 Å². The van der Waals surface area contributed by atoms with E-state index in [0.717, 1.165) is 12.3 Å². The summed E-state index contributed by atoms with van der Waals surface area (Å²) in [6.45, 7) is 3.83. The summed E-state index contributed by atoms with van der Waals surface area (Å²) in [5.41, 5.74) is -0.416. The predicted octanol–water partition coefficient (Wildman–Crippen LogP) is 3.26. The zero-order valence-electron chi connectivity index (χ0n) is 9.71. The van der Waals surface area contributed by atoms with Gasteiger partial charge in [0.15, 0.2) is 0 Å². The molecule has 17 heavy (non-hydrogen) atoms. The van der Waals surface area contributed by atoms with Gasteiger partial charge in [0.25, 0.3) is 0 Å². The summed E-state index contributed by atoms with van der Waals surface area (Å²) in [6, 6.07) is 2.20. The van der Waals surface area contributed by atoms with Gasteiger partial charge in [-0.3, -0.25) is 9.78 Å². The van der Waals surface area contributed by atoms with Crippen LogP contribution in [0.1, 0.15) is 31.5 Å². The number of rotatable bonds is 4. The fourth-order valence-electron chi connectivity index (χ4n) is 1.43. The van der Waals surface area contributed by atoms with Crippen molar-refractivity contribution in [2.75, 3.05) is 0 Å². The van der Waals surface area contributed by atoms with Gasteiger partial charge in [0.1, 0.15) is 5.78 Å². The molecule has 5 heteroatoms. The maximum absolute atomic E-state index is 12.2. The molecule has 0 bridgehead atoms. The SMILES string of the molecule is CC(C)CC(=O)Cc1ccc(C(F)(F)F)cn1. The number of nitrogens with zero attached hydrogens (tertiary/aromatic N) is 1. The van der Waals surface area contributed by atoms with E-state index in [-0.39, 0.29) is 18.1 Å². The van der Waals surface area contributed by atoms with E-state index in [9.17, 15) is 18.0 Å². The Balaban J connectivity index is 2.66. The topological polar surface area (TPSA) is 30.0 Å². The van der Waals surface area contributed by atoms with Crippen molar-refractivity contribution in [2.24, 2.45) is 5.92 Å². The average molecular weight is 245 g/mol. The number of hydrogen-bond acceptors (Lipinski definition) is 2. The molecule has 0 N–H and O–H groups in total. The van der Waals surface area contributed by atoms with Crippen LogP contribution < -0.4 is 0 Å². The van der Waals surface area contributed by atoms with Gasteiger partial charge < -0.3 is 0 Å². The summed E-state index contributed by atoms with van der Waals surface area (Å²) in [4.78, 5) is 15.1. The Labute approximate surface area is 97.9 Å². The van der Waals surface area contributed by atoms with Crippen LogP contribution in [0.15, 0.2) is 18.3 Å². The monoisotopic (exact) mass is 245 g/mol. The van der Waals surface area contributed by atoms with E-state index in [4.69, 9.17) is 0 Å². The maximum Gasteiger partial charge on any atom is 0.417 e. The van der Waals surface area contributed by atoms with Gasteiger partial charge in [0, 0.05) is 24.7 Å². The second kappa shape index (κ2) is 5.29. The molecule has 0 aliphatic rings. The smallest absolute Gasteiger partial charge is 0.299 e. The number of ketones is 1.